The molecule has 4 nitrogen and oxygen atoms in total. The van der Waals surface area contributed by atoms with E-state index in [2.05, 4.69) is 10.3 Å². The van der Waals surface area contributed by atoms with Crippen LogP contribution in [0.4, 0.5) is 4.39 Å². The van der Waals surface area contributed by atoms with Crippen molar-refractivity contribution in [2.75, 3.05) is 0 Å². The molecule has 1 aromatic heterocycles. The first-order chi connectivity index (χ1) is 9.04. The number of hydrogen-bond acceptors (Lipinski definition) is 4. The normalized spacial score (nSPS) is 11.0. The third-order valence-electron chi connectivity index (χ3n) is 2.57. The fraction of sp³-hybridized carbons (Fsp3) is 0.357. The Morgan fingerprint density at radius 2 is 2.21 bits per heavy atom. The quantitative estimate of drug-likeness (QED) is 0.899. The van der Waals surface area contributed by atoms with E-state index < -0.39 is 0 Å². The standard InChI is InChI=1S/C14H17FN2O2/c1-9(2)16-7-12-8-18-14(17-12)19-13-6-11(15)5-4-10(13)3/h4-6,8-9,16H,7H2,1-3H3. The highest BCUT2D eigenvalue weighted by Gasteiger charge is 2.09. The van der Waals surface area contributed by atoms with E-state index in [1.807, 2.05) is 20.8 Å². The molecule has 19 heavy (non-hydrogen) atoms. The topological polar surface area (TPSA) is 47.3 Å². The maximum Gasteiger partial charge on any atom is 0.399 e. The molecule has 0 radical (unpaired) electrons. The molecule has 1 heterocycles. The van der Waals surface area contributed by atoms with Crippen LogP contribution in [0.1, 0.15) is 25.1 Å². The predicted molar refractivity (Wildman–Crippen MR) is 69.7 cm³/mol. The fourth-order valence-corrected chi connectivity index (χ4v) is 1.50. The van der Waals surface area contributed by atoms with Gasteiger partial charge in [-0.3, -0.25) is 0 Å². The number of oxazole rings is 1. The van der Waals surface area contributed by atoms with Crippen molar-refractivity contribution in [2.45, 2.75) is 33.4 Å². The first kappa shape index (κ1) is 13.5. The van der Waals surface area contributed by atoms with Gasteiger partial charge in [-0.05, 0) is 18.6 Å². The number of aromatic nitrogens is 1. The van der Waals surface area contributed by atoms with Crippen LogP contribution < -0.4 is 10.1 Å². The van der Waals surface area contributed by atoms with Gasteiger partial charge in [-0.1, -0.05) is 19.9 Å². The Morgan fingerprint density at radius 1 is 1.42 bits per heavy atom. The van der Waals surface area contributed by atoms with Crippen LogP contribution in [0.5, 0.6) is 11.8 Å². The largest absolute Gasteiger partial charge is 0.417 e. The number of aryl methyl sites for hydroxylation is 1. The lowest BCUT2D eigenvalue weighted by atomic mass is 10.2. The number of benzene rings is 1. The van der Waals surface area contributed by atoms with E-state index in [0.717, 1.165) is 11.3 Å². The SMILES string of the molecule is Cc1ccc(F)cc1Oc1nc(CNC(C)C)co1. The zero-order valence-corrected chi connectivity index (χ0v) is 11.2. The van der Waals surface area contributed by atoms with Crippen LogP contribution in [0, 0.1) is 12.7 Å². The second-order valence-corrected chi connectivity index (χ2v) is 4.65. The highest BCUT2D eigenvalue weighted by Crippen LogP contribution is 2.25. The van der Waals surface area contributed by atoms with Gasteiger partial charge in [-0.25, -0.2) is 4.39 Å². The zero-order valence-electron chi connectivity index (χ0n) is 11.2. The van der Waals surface area contributed by atoms with Gasteiger partial charge in [0.1, 0.15) is 17.8 Å². The van der Waals surface area contributed by atoms with Crippen molar-refractivity contribution in [3.8, 4) is 11.8 Å². The Bertz CT molecular complexity index is 552. The van der Waals surface area contributed by atoms with E-state index >= 15 is 0 Å². The lowest BCUT2D eigenvalue weighted by Gasteiger charge is -2.05. The first-order valence-corrected chi connectivity index (χ1v) is 6.16. The molecule has 0 spiro atoms. The summed E-state index contributed by atoms with van der Waals surface area (Å²) in [5, 5.41) is 3.22. The molecule has 0 saturated carbocycles. The molecule has 5 heteroatoms. The van der Waals surface area contributed by atoms with Gasteiger partial charge >= 0.3 is 6.08 Å². The molecule has 0 fully saturated rings. The Labute approximate surface area is 111 Å². The van der Waals surface area contributed by atoms with Crippen molar-refractivity contribution >= 4 is 0 Å². The fourth-order valence-electron chi connectivity index (χ4n) is 1.50. The van der Waals surface area contributed by atoms with Crippen LogP contribution in [0.15, 0.2) is 28.9 Å². The van der Waals surface area contributed by atoms with Crippen molar-refractivity contribution in [3.63, 3.8) is 0 Å². The number of hydrogen-bond donors (Lipinski definition) is 1. The Hall–Kier alpha value is -1.88. The molecule has 0 atom stereocenters. The highest BCUT2D eigenvalue weighted by atomic mass is 19.1. The van der Waals surface area contributed by atoms with Gasteiger partial charge in [0.2, 0.25) is 0 Å². The lowest BCUT2D eigenvalue weighted by molar-refractivity contribution is 0.328. The van der Waals surface area contributed by atoms with E-state index in [4.69, 9.17) is 9.15 Å². The summed E-state index contributed by atoms with van der Waals surface area (Å²) in [5.74, 6) is 0.0547. The Kier molecular flexibility index (Phi) is 4.16. The predicted octanol–water partition coefficient (Wildman–Crippen LogP) is 3.41. The average Bonchev–Trinajstić information content (AvgIpc) is 2.79. The van der Waals surface area contributed by atoms with E-state index in [9.17, 15) is 4.39 Å². The van der Waals surface area contributed by atoms with Crippen LogP contribution in [-0.2, 0) is 6.54 Å². The number of ether oxygens (including phenoxy) is 1. The third-order valence-corrected chi connectivity index (χ3v) is 2.57. The molecule has 0 aliphatic heterocycles. The summed E-state index contributed by atoms with van der Waals surface area (Å²) >= 11 is 0. The molecule has 0 aliphatic carbocycles. The van der Waals surface area contributed by atoms with Gasteiger partial charge in [-0.2, -0.15) is 4.98 Å². The number of nitrogens with one attached hydrogen (secondary N) is 1. The monoisotopic (exact) mass is 264 g/mol. The number of halogens is 1. The van der Waals surface area contributed by atoms with Gasteiger partial charge < -0.3 is 14.5 Å². The molecular formula is C14H17FN2O2. The summed E-state index contributed by atoms with van der Waals surface area (Å²) in [6.07, 6.45) is 1.65. The minimum absolute atomic E-state index is 0.120. The zero-order chi connectivity index (χ0) is 13.8. The van der Waals surface area contributed by atoms with Gasteiger partial charge in [-0.15, -0.1) is 0 Å². The molecule has 0 aliphatic rings. The van der Waals surface area contributed by atoms with Crippen molar-refractivity contribution < 1.29 is 13.5 Å². The number of nitrogens with zero attached hydrogens (tertiary/aromatic N) is 1. The molecule has 2 rings (SSSR count). The third kappa shape index (κ3) is 3.79. The summed E-state index contributed by atoms with van der Waals surface area (Å²) in [6, 6.07) is 4.71. The van der Waals surface area contributed by atoms with Crippen LogP contribution in [0.25, 0.3) is 0 Å². The second kappa shape index (κ2) is 5.84. The molecular weight excluding hydrogens is 247 g/mol. The molecule has 0 bridgehead atoms. The molecule has 0 unspecified atom stereocenters. The van der Waals surface area contributed by atoms with Gasteiger partial charge in [0.05, 0.1) is 5.69 Å². The smallest absolute Gasteiger partial charge is 0.399 e. The van der Waals surface area contributed by atoms with E-state index in [1.165, 1.54) is 18.4 Å². The second-order valence-electron chi connectivity index (χ2n) is 4.65. The Morgan fingerprint density at radius 3 is 2.95 bits per heavy atom. The lowest BCUT2D eigenvalue weighted by Crippen LogP contribution is -2.21. The van der Waals surface area contributed by atoms with Crippen molar-refractivity contribution in [3.05, 3.63) is 41.5 Å². The Balaban J connectivity index is 2.05. The highest BCUT2D eigenvalue weighted by molar-refractivity contribution is 5.34. The maximum absolute atomic E-state index is 13.1. The summed E-state index contributed by atoms with van der Waals surface area (Å²) in [5.41, 5.74) is 1.57. The average molecular weight is 264 g/mol. The summed E-state index contributed by atoms with van der Waals surface area (Å²) in [4.78, 5) is 4.17. The van der Waals surface area contributed by atoms with Gasteiger partial charge in [0.25, 0.3) is 0 Å². The minimum Gasteiger partial charge on any atom is -0.417 e. The molecule has 1 aromatic carbocycles. The molecule has 0 saturated heterocycles. The maximum atomic E-state index is 13.1. The molecule has 1 N–H and O–H groups in total. The van der Waals surface area contributed by atoms with E-state index in [1.54, 1.807) is 6.07 Å². The molecule has 102 valence electrons. The van der Waals surface area contributed by atoms with E-state index in [0.29, 0.717) is 18.3 Å². The summed E-state index contributed by atoms with van der Waals surface area (Å²) in [6.45, 7) is 6.53. The van der Waals surface area contributed by atoms with Crippen molar-refractivity contribution in [1.29, 1.82) is 0 Å². The summed E-state index contributed by atoms with van der Waals surface area (Å²) in [7, 11) is 0. The number of rotatable bonds is 5. The van der Waals surface area contributed by atoms with Gasteiger partial charge in [0, 0.05) is 18.7 Å². The van der Waals surface area contributed by atoms with Crippen LogP contribution in [0.3, 0.4) is 0 Å². The van der Waals surface area contributed by atoms with E-state index in [-0.39, 0.29) is 11.9 Å². The van der Waals surface area contributed by atoms with Crippen molar-refractivity contribution in [2.24, 2.45) is 0 Å². The first-order valence-electron chi connectivity index (χ1n) is 6.16. The molecule has 2 aromatic rings. The molecule has 0 amide bonds. The van der Waals surface area contributed by atoms with Crippen LogP contribution in [-0.4, -0.2) is 11.0 Å². The van der Waals surface area contributed by atoms with Crippen LogP contribution in [0.2, 0.25) is 0 Å². The van der Waals surface area contributed by atoms with Gasteiger partial charge in [0.15, 0.2) is 0 Å². The summed E-state index contributed by atoms with van der Waals surface area (Å²) < 4.78 is 23.8. The minimum atomic E-state index is -0.353. The van der Waals surface area contributed by atoms with Crippen LogP contribution >= 0.6 is 0 Å². The van der Waals surface area contributed by atoms with Crippen molar-refractivity contribution in [1.82, 2.24) is 10.3 Å².